The third kappa shape index (κ3) is 4.21. The Morgan fingerprint density at radius 1 is 1.16 bits per heavy atom. The van der Waals surface area contributed by atoms with Crippen molar-refractivity contribution in [3.05, 3.63) is 100 Å². The van der Waals surface area contributed by atoms with Crippen molar-refractivity contribution in [3.8, 4) is 5.75 Å². The first-order chi connectivity index (χ1) is 15.3. The summed E-state index contributed by atoms with van der Waals surface area (Å²) in [5.41, 5.74) is 5.28. The summed E-state index contributed by atoms with van der Waals surface area (Å²) in [6, 6.07) is 14.9. The largest absolute Gasteiger partial charge is 0.505 e. The molecule has 0 atom stereocenters. The van der Waals surface area contributed by atoms with Gasteiger partial charge in [-0.25, -0.2) is 9.37 Å². The van der Waals surface area contributed by atoms with Gasteiger partial charge in [-0.05, 0) is 41.2 Å². The lowest BCUT2D eigenvalue weighted by Gasteiger charge is -2.12. The molecule has 0 aliphatic carbocycles. The van der Waals surface area contributed by atoms with Gasteiger partial charge in [0.1, 0.15) is 17.2 Å². The molecular weight excluding hydrogens is 405 g/mol. The Balaban J connectivity index is 1.76. The highest BCUT2D eigenvalue weighted by Gasteiger charge is 2.26. The molecule has 2 aromatic heterocycles. The van der Waals surface area contributed by atoms with E-state index < -0.39 is 0 Å². The van der Waals surface area contributed by atoms with Crippen LogP contribution in [0.4, 0.5) is 4.39 Å². The van der Waals surface area contributed by atoms with Gasteiger partial charge in [0.15, 0.2) is 5.75 Å². The van der Waals surface area contributed by atoms with Crippen molar-refractivity contribution < 1.29 is 14.3 Å². The average molecular weight is 432 g/mol. The molecule has 0 bridgehead atoms. The summed E-state index contributed by atoms with van der Waals surface area (Å²) in [4.78, 5) is 17.8. The molecule has 6 heteroatoms. The summed E-state index contributed by atoms with van der Waals surface area (Å²) >= 11 is 0. The Hall–Kier alpha value is -3.67. The number of aromatic nitrogens is 2. The van der Waals surface area contributed by atoms with Crippen LogP contribution in [-0.4, -0.2) is 20.4 Å². The van der Waals surface area contributed by atoms with E-state index in [0.29, 0.717) is 28.9 Å². The molecule has 0 unspecified atom stereocenters. The second kappa shape index (κ2) is 8.83. The molecule has 0 spiro atoms. The van der Waals surface area contributed by atoms with E-state index in [0.717, 1.165) is 16.7 Å². The number of rotatable bonds is 6. The summed E-state index contributed by atoms with van der Waals surface area (Å²) in [5, 5.41) is 13.0. The zero-order valence-electron chi connectivity index (χ0n) is 18.4. The van der Waals surface area contributed by atoms with Crippen LogP contribution in [0.1, 0.15) is 58.1 Å². The van der Waals surface area contributed by atoms with Crippen LogP contribution in [0.3, 0.4) is 0 Å². The van der Waals surface area contributed by atoms with E-state index in [2.05, 4.69) is 10.3 Å². The minimum Gasteiger partial charge on any atom is -0.505 e. The van der Waals surface area contributed by atoms with Crippen LogP contribution < -0.4 is 5.32 Å². The van der Waals surface area contributed by atoms with Gasteiger partial charge in [0, 0.05) is 18.5 Å². The quantitative estimate of drug-likeness (QED) is 0.445. The fraction of sp³-hybridized carbons (Fsp3) is 0.231. The molecular formula is C26H26FN3O2. The molecule has 5 nitrogen and oxygen atoms in total. The zero-order valence-corrected chi connectivity index (χ0v) is 18.4. The van der Waals surface area contributed by atoms with Gasteiger partial charge in [0.05, 0.1) is 12.4 Å². The molecule has 0 saturated heterocycles. The molecule has 0 aliphatic heterocycles. The van der Waals surface area contributed by atoms with E-state index in [-0.39, 0.29) is 29.9 Å². The summed E-state index contributed by atoms with van der Waals surface area (Å²) in [6.45, 7) is 5.97. The Bertz CT molecular complexity index is 1280. The van der Waals surface area contributed by atoms with Gasteiger partial charge in [-0.1, -0.05) is 56.3 Å². The topological polar surface area (TPSA) is 66.6 Å². The van der Waals surface area contributed by atoms with Gasteiger partial charge in [-0.3, -0.25) is 9.20 Å². The first-order valence-electron chi connectivity index (χ1n) is 10.6. The number of amides is 1. The van der Waals surface area contributed by atoms with Gasteiger partial charge in [0.2, 0.25) is 0 Å². The zero-order chi connectivity index (χ0) is 22.8. The Morgan fingerprint density at radius 3 is 2.59 bits per heavy atom. The minimum atomic E-state index is -0.299. The molecule has 164 valence electrons. The predicted molar refractivity (Wildman–Crippen MR) is 123 cm³/mol. The maximum absolute atomic E-state index is 13.9. The second-order valence-corrected chi connectivity index (χ2v) is 8.33. The van der Waals surface area contributed by atoms with Crippen LogP contribution in [0.15, 0.2) is 60.9 Å². The van der Waals surface area contributed by atoms with Gasteiger partial charge >= 0.3 is 0 Å². The van der Waals surface area contributed by atoms with Crippen molar-refractivity contribution in [2.45, 2.75) is 39.7 Å². The summed E-state index contributed by atoms with van der Waals surface area (Å²) in [7, 11) is 0. The predicted octanol–water partition coefficient (Wildman–Crippen LogP) is 5.13. The van der Waals surface area contributed by atoms with Crippen LogP contribution in [-0.2, 0) is 13.0 Å². The number of fused-ring (bicyclic) bond motifs is 1. The normalized spacial score (nSPS) is 11.3. The van der Waals surface area contributed by atoms with E-state index in [4.69, 9.17) is 0 Å². The number of nitrogens with one attached hydrogen (secondary N) is 1. The smallest absolute Gasteiger partial charge is 0.268 e. The van der Waals surface area contributed by atoms with E-state index in [9.17, 15) is 14.3 Å². The molecule has 4 rings (SSSR count). The van der Waals surface area contributed by atoms with Crippen LogP contribution in [0, 0.1) is 12.7 Å². The van der Waals surface area contributed by atoms with Crippen molar-refractivity contribution in [1.29, 1.82) is 0 Å². The first-order valence-corrected chi connectivity index (χ1v) is 10.6. The van der Waals surface area contributed by atoms with Gasteiger partial charge < -0.3 is 10.4 Å². The highest BCUT2D eigenvalue weighted by molar-refractivity contribution is 5.96. The van der Waals surface area contributed by atoms with E-state index in [1.807, 2.05) is 44.2 Å². The third-order valence-electron chi connectivity index (χ3n) is 5.61. The maximum atomic E-state index is 13.9. The monoisotopic (exact) mass is 431 g/mol. The Kier molecular flexibility index (Phi) is 5.95. The maximum Gasteiger partial charge on any atom is 0.268 e. The number of nitrogens with zero attached hydrogens (tertiary/aromatic N) is 2. The molecule has 0 fully saturated rings. The van der Waals surface area contributed by atoms with Crippen molar-refractivity contribution in [3.63, 3.8) is 0 Å². The van der Waals surface area contributed by atoms with Crippen molar-refractivity contribution in [1.82, 2.24) is 14.7 Å². The third-order valence-corrected chi connectivity index (χ3v) is 5.61. The molecule has 2 aromatic carbocycles. The Morgan fingerprint density at radius 2 is 1.91 bits per heavy atom. The number of hydrogen-bond acceptors (Lipinski definition) is 3. The number of carbonyl (C=O) groups is 1. The van der Waals surface area contributed by atoms with Gasteiger partial charge in [-0.2, -0.15) is 0 Å². The minimum absolute atomic E-state index is 0.0243. The average Bonchev–Trinajstić information content (AvgIpc) is 3.08. The number of hydrogen-bond donors (Lipinski definition) is 2. The van der Waals surface area contributed by atoms with Gasteiger partial charge in [0.25, 0.3) is 5.91 Å². The van der Waals surface area contributed by atoms with Crippen LogP contribution in [0.5, 0.6) is 5.75 Å². The lowest BCUT2D eigenvalue weighted by atomic mass is 9.94. The van der Waals surface area contributed by atoms with E-state index >= 15 is 0 Å². The number of halogens is 1. The van der Waals surface area contributed by atoms with Crippen molar-refractivity contribution in [2.75, 3.05) is 0 Å². The molecule has 4 aromatic rings. The molecule has 2 N–H and O–H groups in total. The lowest BCUT2D eigenvalue weighted by molar-refractivity contribution is 0.0943. The van der Waals surface area contributed by atoms with Crippen molar-refractivity contribution >= 4 is 11.6 Å². The SMILES string of the molecule is Cc1ccc(CNC(=O)c2c(C(C)C)c(Cc3ccccc3)c3ncc(O)cn23)cc1F. The summed E-state index contributed by atoms with van der Waals surface area (Å²) < 4.78 is 15.6. The van der Waals surface area contributed by atoms with Gasteiger partial charge in [-0.15, -0.1) is 0 Å². The van der Waals surface area contributed by atoms with Crippen molar-refractivity contribution in [2.24, 2.45) is 0 Å². The number of aryl methyl sites for hydroxylation is 1. The number of carbonyl (C=O) groups excluding carboxylic acids is 1. The first kappa shape index (κ1) is 21.6. The second-order valence-electron chi connectivity index (χ2n) is 8.33. The standard InChI is InChI=1S/C26H26FN3O2/c1-16(2)23-21(11-18-7-5-4-6-8-18)25-28-14-20(31)15-30(25)24(23)26(32)29-13-19-10-9-17(3)22(27)12-19/h4-10,12,14-16,31H,11,13H2,1-3H3,(H,29,32). The molecule has 0 aliphatic rings. The van der Waals surface area contributed by atoms with E-state index in [1.54, 1.807) is 23.5 Å². The van der Waals surface area contributed by atoms with Crippen LogP contribution in [0.25, 0.3) is 5.65 Å². The molecule has 2 heterocycles. The fourth-order valence-corrected chi connectivity index (χ4v) is 4.04. The summed E-state index contributed by atoms with van der Waals surface area (Å²) in [6.07, 6.45) is 3.53. The highest BCUT2D eigenvalue weighted by atomic mass is 19.1. The molecule has 32 heavy (non-hydrogen) atoms. The molecule has 1 amide bonds. The lowest BCUT2D eigenvalue weighted by Crippen LogP contribution is -2.25. The Labute approximate surface area is 186 Å². The summed E-state index contributed by atoms with van der Waals surface area (Å²) in [5.74, 6) is -0.567. The molecule has 0 radical (unpaired) electrons. The van der Waals surface area contributed by atoms with E-state index in [1.165, 1.54) is 18.5 Å². The van der Waals surface area contributed by atoms with Crippen LogP contribution >= 0.6 is 0 Å². The number of aromatic hydroxyl groups is 1. The van der Waals surface area contributed by atoms with Crippen LogP contribution in [0.2, 0.25) is 0 Å². The fourth-order valence-electron chi connectivity index (χ4n) is 4.04. The highest BCUT2D eigenvalue weighted by Crippen LogP contribution is 2.32. The number of benzene rings is 2. The molecule has 0 saturated carbocycles.